The molecule has 1 saturated heterocycles. The van der Waals surface area contributed by atoms with Gasteiger partial charge < -0.3 is 10.1 Å². The first-order valence-corrected chi connectivity index (χ1v) is 7.39. The molecule has 1 aliphatic heterocycles. The standard InChI is InChI=1S/C16H24N2O2/c1-3-13(2)16(19)17-15-6-4-14(5-7-15)12-18-8-10-20-11-9-18/h4-7,13H,3,8-12H2,1-2H3,(H,17,19). The molecule has 0 saturated carbocycles. The molecule has 1 N–H and O–H groups in total. The number of anilines is 1. The maximum Gasteiger partial charge on any atom is 0.227 e. The molecule has 1 aromatic rings. The minimum atomic E-state index is 0.0584. The van der Waals surface area contributed by atoms with E-state index in [1.807, 2.05) is 26.0 Å². The fraction of sp³-hybridized carbons (Fsp3) is 0.562. The van der Waals surface area contributed by atoms with Crippen LogP contribution in [0.4, 0.5) is 5.69 Å². The summed E-state index contributed by atoms with van der Waals surface area (Å²) < 4.78 is 5.34. The van der Waals surface area contributed by atoms with Gasteiger partial charge in [0, 0.05) is 31.2 Å². The molecule has 4 nitrogen and oxygen atoms in total. The lowest BCUT2D eigenvalue weighted by atomic mass is 10.1. The molecule has 0 radical (unpaired) electrons. The molecular formula is C16H24N2O2. The summed E-state index contributed by atoms with van der Waals surface area (Å²) in [6.07, 6.45) is 0.862. The zero-order chi connectivity index (χ0) is 14.4. The Balaban J connectivity index is 1.87. The predicted molar refractivity (Wildman–Crippen MR) is 80.6 cm³/mol. The zero-order valence-corrected chi connectivity index (χ0v) is 12.4. The first-order valence-electron chi connectivity index (χ1n) is 7.39. The maximum absolute atomic E-state index is 11.8. The van der Waals surface area contributed by atoms with E-state index in [0.717, 1.165) is 45.0 Å². The molecule has 0 aromatic heterocycles. The Hall–Kier alpha value is -1.39. The molecule has 110 valence electrons. The van der Waals surface area contributed by atoms with Crippen molar-refractivity contribution in [2.24, 2.45) is 5.92 Å². The Kier molecular flexibility index (Phi) is 5.56. The average molecular weight is 276 g/mol. The summed E-state index contributed by atoms with van der Waals surface area (Å²) in [5.74, 6) is 0.149. The number of hydrogen-bond acceptors (Lipinski definition) is 3. The van der Waals surface area contributed by atoms with Gasteiger partial charge in [-0.1, -0.05) is 26.0 Å². The van der Waals surface area contributed by atoms with Gasteiger partial charge in [-0.05, 0) is 24.1 Å². The number of morpholine rings is 1. The van der Waals surface area contributed by atoms with Crippen LogP contribution >= 0.6 is 0 Å². The number of ether oxygens (including phenoxy) is 1. The number of benzene rings is 1. The molecule has 1 atom stereocenters. The van der Waals surface area contributed by atoms with Gasteiger partial charge in [0.2, 0.25) is 5.91 Å². The molecule has 0 spiro atoms. The highest BCUT2D eigenvalue weighted by molar-refractivity contribution is 5.92. The van der Waals surface area contributed by atoms with E-state index < -0.39 is 0 Å². The summed E-state index contributed by atoms with van der Waals surface area (Å²) in [5.41, 5.74) is 2.15. The first kappa shape index (κ1) is 15.0. The largest absolute Gasteiger partial charge is 0.379 e. The highest BCUT2D eigenvalue weighted by atomic mass is 16.5. The third-order valence-corrected chi connectivity index (χ3v) is 3.79. The Morgan fingerprint density at radius 3 is 2.55 bits per heavy atom. The van der Waals surface area contributed by atoms with Crippen molar-refractivity contribution >= 4 is 11.6 Å². The number of carbonyl (C=O) groups excluding carboxylic acids is 1. The molecule has 2 rings (SSSR count). The minimum absolute atomic E-state index is 0.0584. The summed E-state index contributed by atoms with van der Waals surface area (Å²) in [6.45, 7) is 8.55. The van der Waals surface area contributed by atoms with Crippen molar-refractivity contribution in [2.45, 2.75) is 26.8 Å². The van der Waals surface area contributed by atoms with Gasteiger partial charge in [-0.2, -0.15) is 0 Å². The smallest absolute Gasteiger partial charge is 0.227 e. The van der Waals surface area contributed by atoms with Gasteiger partial charge in [-0.25, -0.2) is 0 Å². The molecule has 1 fully saturated rings. The van der Waals surface area contributed by atoms with Gasteiger partial charge >= 0.3 is 0 Å². The van der Waals surface area contributed by atoms with Crippen molar-refractivity contribution in [1.29, 1.82) is 0 Å². The number of rotatable bonds is 5. The topological polar surface area (TPSA) is 41.6 Å². The summed E-state index contributed by atoms with van der Waals surface area (Å²) >= 11 is 0. The van der Waals surface area contributed by atoms with Crippen molar-refractivity contribution in [3.05, 3.63) is 29.8 Å². The van der Waals surface area contributed by atoms with Crippen LogP contribution in [-0.4, -0.2) is 37.1 Å². The van der Waals surface area contributed by atoms with E-state index in [-0.39, 0.29) is 11.8 Å². The van der Waals surface area contributed by atoms with E-state index in [2.05, 4.69) is 22.3 Å². The highest BCUT2D eigenvalue weighted by Crippen LogP contribution is 2.14. The van der Waals surface area contributed by atoms with Crippen LogP contribution in [0.15, 0.2) is 24.3 Å². The Bertz CT molecular complexity index is 425. The fourth-order valence-corrected chi connectivity index (χ4v) is 2.16. The fourth-order valence-electron chi connectivity index (χ4n) is 2.16. The van der Waals surface area contributed by atoms with Gasteiger partial charge in [-0.15, -0.1) is 0 Å². The maximum atomic E-state index is 11.8. The summed E-state index contributed by atoms with van der Waals surface area (Å²) in [4.78, 5) is 14.2. The van der Waals surface area contributed by atoms with Crippen LogP contribution in [0.5, 0.6) is 0 Å². The van der Waals surface area contributed by atoms with Crippen LogP contribution < -0.4 is 5.32 Å². The van der Waals surface area contributed by atoms with E-state index in [0.29, 0.717) is 0 Å². The number of amides is 1. The van der Waals surface area contributed by atoms with Crippen molar-refractivity contribution in [1.82, 2.24) is 4.90 Å². The number of carbonyl (C=O) groups is 1. The Labute approximate surface area is 121 Å². The highest BCUT2D eigenvalue weighted by Gasteiger charge is 2.12. The van der Waals surface area contributed by atoms with Crippen LogP contribution in [0.25, 0.3) is 0 Å². The van der Waals surface area contributed by atoms with Gasteiger partial charge in [0.25, 0.3) is 0 Å². The third-order valence-electron chi connectivity index (χ3n) is 3.79. The zero-order valence-electron chi connectivity index (χ0n) is 12.4. The van der Waals surface area contributed by atoms with Crippen LogP contribution in [0.3, 0.4) is 0 Å². The normalized spacial score (nSPS) is 17.7. The van der Waals surface area contributed by atoms with Crippen LogP contribution in [0.1, 0.15) is 25.8 Å². The molecule has 0 aliphatic carbocycles. The van der Waals surface area contributed by atoms with Crippen LogP contribution in [0.2, 0.25) is 0 Å². The van der Waals surface area contributed by atoms with Crippen molar-refractivity contribution in [3.63, 3.8) is 0 Å². The van der Waals surface area contributed by atoms with Crippen molar-refractivity contribution < 1.29 is 9.53 Å². The minimum Gasteiger partial charge on any atom is -0.379 e. The van der Waals surface area contributed by atoms with Crippen molar-refractivity contribution in [2.75, 3.05) is 31.6 Å². The number of hydrogen-bond donors (Lipinski definition) is 1. The second-order valence-electron chi connectivity index (χ2n) is 5.38. The Morgan fingerprint density at radius 2 is 1.95 bits per heavy atom. The quantitative estimate of drug-likeness (QED) is 0.898. The lowest BCUT2D eigenvalue weighted by Gasteiger charge is -2.26. The molecule has 1 aliphatic rings. The molecule has 0 bridgehead atoms. The lowest BCUT2D eigenvalue weighted by molar-refractivity contribution is -0.119. The van der Waals surface area contributed by atoms with Gasteiger partial charge in [0.05, 0.1) is 13.2 Å². The third kappa shape index (κ3) is 4.32. The number of nitrogens with zero attached hydrogens (tertiary/aromatic N) is 1. The average Bonchev–Trinajstić information content (AvgIpc) is 2.49. The monoisotopic (exact) mass is 276 g/mol. The van der Waals surface area contributed by atoms with Gasteiger partial charge in [0.1, 0.15) is 0 Å². The predicted octanol–water partition coefficient (Wildman–Crippen LogP) is 2.50. The van der Waals surface area contributed by atoms with Gasteiger partial charge in [-0.3, -0.25) is 9.69 Å². The van der Waals surface area contributed by atoms with Crippen molar-refractivity contribution in [3.8, 4) is 0 Å². The molecule has 1 heterocycles. The van der Waals surface area contributed by atoms with E-state index in [9.17, 15) is 4.79 Å². The van der Waals surface area contributed by atoms with E-state index >= 15 is 0 Å². The SMILES string of the molecule is CCC(C)C(=O)Nc1ccc(CN2CCOCC2)cc1. The van der Waals surface area contributed by atoms with E-state index in [1.54, 1.807) is 0 Å². The molecule has 20 heavy (non-hydrogen) atoms. The van der Waals surface area contributed by atoms with Crippen LogP contribution in [-0.2, 0) is 16.1 Å². The van der Waals surface area contributed by atoms with Crippen LogP contribution in [0, 0.1) is 5.92 Å². The van der Waals surface area contributed by atoms with E-state index in [1.165, 1.54) is 5.56 Å². The van der Waals surface area contributed by atoms with E-state index in [4.69, 9.17) is 4.74 Å². The summed E-state index contributed by atoms with van der Waals surface area (Å²) in [7, 11) is 0. The lowest BCUT2D eigenvalue weighted by Crippen LogP contribution is -2.35. The first-order chi connectivity index (χ1) is 9.69. The molecule has 4 heteroatoms. The summed E-state index contributed by atoms with van der Waals surface area (Å²) in [5, 5.41) is 2.95. The Morgan fingerprint density at radius 1 is 1.30 bits per heavy atom. The summed E-state index contributed by atoms with van der Waals surface area (Å²) in [6, 6.07) is 8.13. The molecule has 1 aromatic carbocycles. The number of nitrogens with one attached hydrogen (secondary N) is 1. The van der Waals surface area contributed by atoms with Gasteiger partial charge in [0.15, 0.2) is 0 Å². The second kappa shape index (κ2) is 7.41. The second-order valence-corrected chi connectivity index (χ2v) is 5.38. The molecular weight excluding hydrogens is 252 g/mol. The molecule has 1 amide bonds. The molecule has 1 unspecified atom stereocenters.